The number of aryl methyl sites for hydroxylation is 1. The van der Waals surface area contributed by atoms with Gasteiger partial charge in [0, 0.05) is 25.9 Å². The van der Waals surface area contributed by atoms with Crippen LogP contribution in [0, 0.1) is 0 Å². The minimum Gasteiger partial charge on any atom is -0.352 e. The summed E-state index contributed by atoms with van der Waals surface area (Å²) < 4.78 is 0. The van der Waals surface area contributed by atoms with E-state index in [9.17, 15) is 9.59 Å². The lowest BCUT2D eigenvalue weighted by Gasteiger charge is -2.17. The van der Waals surface area contributed by atoms with Gasteiger partial charge in [-0.3, -0.25) is 14.5 Å². The maximum Gasteiger partial charge on any atom is 0.258 e. The fraction of sp³-hybridized carbons (Fsp3) is 0.348. The molecule has 1 aliphatic rings. The van der Waals surface area contributed by atoms with Gasteiger partial charge >= 0.3 is 0 Å². The largest absolute Gasteiger partial charge is 0.352 e. The second-order valence-electron chi connectivity index (χ2n) is 7.56. The van der Waals surface area contributed by atoms with E-state index in [-0.39, 0.29) is 17.9 Å². The van der Waals surface area contributed by atoms with Crippen molar-refractivity contribution in [3.8, 4) is 0 Å². The van der Waals surface area contributed by atoms with Gasteiger partial charge in [-0.05, 0) is 49.2 Å². The molecule has 2 aromatic carbocycles. The predicted octanol–water partition coefficient (Wildman–Crippen LogP) is 2.77. The van der Waals surface area contributed by atoms with Gasteiger partial charge in [0.2, 0.25) is 5.91 Å². The van der Waals surface area contributed by atoms with Gasteiger partial charge in [-0.1, -0.05) is 36.4 Å². The fourth-order valence-electron chi connectivity index (χ4n) is 3.83. The van der Waals surface area contributed by atoms with Crippen LogP contribution in [0.2, 0.25) is 0 Å². The smallest absolute Gasteiger partial charge is 0.258 e. The SMILES string of the molecule is O=C(CCc1nc2ccccc2c(=O)[nH]1)NCc1ccccc1CN1CCCC1. The van der Waals surface area contributed by atoms with Crippen LogP contribution in [-0.4, -0.2) is 33.9 Å². The number of hydrogen-bond acceptors (Lipinski definition) is 4. The summed E-state index contributed by atoms with van der Waals surface area (Å²) in [5.74, 6) is 0.495. The number of H-pyrrole nitrogens is 1. The zero-order valence-corrected chi connectivity index (χ0v) is 16.5. The molecule has 29 heavy (non-hydrogen) atoms. The van der Waals surface area contributed by atoms with Gasteiger partial charge in [0.25, 0.3) is 5.56 Å². The summed E-state index contributed by atoms with van der Waals surface area (Å²) in [6, 6.07) is 15.5. The van der Waals surface area contributed by atoms with Crippen LogP contribution >= 0.6 is 0 Å². The predicted molar refractivity (Wildman–Crippen MR) is 113 cm³/mol. The molecule has 2 N–H and O–H groups in total. The third kappa shape index (κ3) is 4.90. The lowest BCUT2D eigenvalue weighted by molar-refractivity contribution is -0.121. The Hall–Kier alpha value is -2.99. The highest BCUT2D eigenvalue weighted by Crippen LogP contribution is 2.16. The van der Waals surface area contributed by atoms with Crippen molar-refractivity contribution in [2.45, 2.75) is 38.8 Å². The number of carbonyl (C=O) groups is 1. The molecule has 1 fully saturated rings. The minimum absolute atomic E-state index is 0.0446. The zero-order chi connectivity index (χ0) is 20.1. The van der Waals surface area contributed by atoms with E-state index in [1.54, 1.807) is 6.07 Å². The highest BCUT2D eigenvalue weighted by molar-refractivity contribution is 5.78. The van der Waals surface area contributed by atoms with Crippen molar-refractivity contribution in [2.75, 3.05) is 13.1 Å². The Kier molecular flexibility index (Phi) is 6.00. The quantitative estimate of drug-likeness (QED) is 0.650. The molecule has 0 radical (unpaired) electrons. The molecule has 0 saturated carbocycles. The summed E-state index contributed by atoms with van der Waals surface area (Å²) in [5.41, 5.74) is 2.92. The summed E-state index contributed by atoms with van der Waals surface area (Å²) in [5, 5.41) is 3.57. The van der Waals surface area contributed by atoms with Gasteiger partial charge in [0.05, 0.1) is 10.9 Å². The van der Waals surface area contributed by atoms with Crippen LogP contribution in [0.1, 0.15) is 36.2 Å². The van der Waals surface area contributed by atoms with Crippen molar-refractivity contribution in [1.29, 1.82) is 0 Å². The Morgan fingerprint density at radius 1 is 1.03 bits per heavy atom. The van der Waals surface area contributed by atoms with E-state index in [0.717, 1.165) is 25.2 Å². The van der Waals surface area contributed by atoms with Gasteiger partial charge < -0.3 is 10.3 Å². The first-order chi connectivity index (χ1) is 14.2. The van der Waals surface area contributed by atoms with Crippen LogP contribution in [0.4, 0.5) is 0 Å². The number of amides is 1. The first-order valence-electron chi connectivity index (χ1n) is 10.2. The third-order valence-electron chi connectivity index (χ3n) is 5.44. The minimum atomic E-state index is -0.165. The molecule has 1 aliphatic heterocycles. The van der Waals surface area contributed by atoms with E-state index in [0.29, 0.717) is 29.7 Å². The van der Waals surface area contributed by atoms with E-state index in [2.05, 4.69) is 38.4 Å². The van der Waals surface area contributed by atoms with E-state index < -0.39 is 0 Å². The number of hydrogen-bond donors (Lipinski definition) is 2. The Morgan fingerprint density at radius 2 is 1.76 bits per heavy atom. The van der Waals surface area contributed by atoms with Gasteiger partial charge in [-0.2, -0.15) is 0 Å². The molecule has 1 amide bonds. The zero-order valence-electron chi connectivity index (χ0n) is 16.5. The number of aromatic nitrogens is 2. The summed E-state index contributed by atoms with van der Waals surface area (Å²) in [4.78, 5) is 34.2. The molecule has 6 heteroatoms. The van der Waals surface area contributed by atoms with Crippen molar-refractivity contribution in [3.05, 3.63) is 75.8 Å². The van der Waals surface area contributed by atoms with E-state index in [1.165, 1.54) is 18.4 Å². The first kappa shape index (κ1) is 19.3. The van der Waals surface area contributed by atoms with Gasteiger partial charge in [-0.25, -0.2) is 4.98 Å². The Balaban J connectivity index is 1.33. The maximum absolute atomic E-state index is 12.4. The summed E-state index contributed by atoms with van der Waals surface area (Å²) >= 11 is 0. The average molecular weight is 390 g/mol. The molecule has 6 nitrogen and oxygen atoms in total. The number of para-hydroxylation sites is 1. The normalized spacial score (nSPS) is 14.3. The number of rotatable bonds is 7. The van der Waals surface area contributed by atoms with Crippen molar-refractivity contribution in [1.82, 2.24) is 20.2 Å². The molecule has 0 atom stereocenters. The molecule has 1 aromatic heterocycles. The lowest BCUT2D eigenvalue weighted by atomic mass is 10.1. The molecule has 4 rings (SSSR count). The van der Waals surface area contributed by atoms with E-state index in [4.69, 9.17) is 0 Å². The Labute approximate surface area is 170 Å². The molecule has 3 aromatic rings. The second kappa shape index (κ2) is 9.01. The Morgan fingerprint density at radius 3 is 2.59 bits per heavy atom. The van der Waals surface area contributed by atoms with Gasteiger partial charge in [0.1, 0.15) is 5.82 Å². The van der Waals surface area contributed by atoms with Gasteiger partial charge in [0.15, 0.2) is 0 Å². The molecule has 0 spiro atoms. The molecular weight excluding hydrogens is 364 g/mol. The molecule has 150 valence electrons. The number of aromatic amines is 1. The number of likely N-dealkylation sites (tertiary alicyclic amines) is 1. The first-order valence-corrected chi connectivity index (χ1v) is 10.2. The van der Waals surface area contributed by atoms with Crippen molar-refractivity contribution >= 4 is 16.8 Å². The molecule has 0 unspecified atom stereocenters. The van der Waals surface area contributed by atoms with Crippen molar-refractivity contribution in [2.24, 2.45) is 0 Å². The second-order valence-corrected chi connectivity index (χ2v) is 7.56. The van der Waals surface area contributed by atoms with Gasteiger partial charge in [-0.15, -0.1) is 0 Å². The van der Waals surface area contributed by atoms with E-state index >= 15 is 0 Å². The summed E-state index contributed by atoms with van der Waals surface area (Å²) in [6.07, 6.45) is 3.23. The van der Waals surface area contributed by atoms with Crippen LogP contribution in [0.3, 0.4) is 0 Å². The molecule has 0 bridgehead atoms. The topological polar surface area (TPSA) is 78.1 Å². The number of nitrogens with one attached hydrogen (secondary N) is 2. The number of fused-ring (bicyclic) bond motifs is 1. The van der Waals surface area contributed by atoms with Crippen molar-refractivity contribution < 1.29 is 4.79 Å². The fourth-order valence-corrected chi connectivity index (χ4v) is 3.83. The summed E-state index contributed by atoms with van der Waals surface area (Å²) in [6.45, 7) is 3.76. The molecule has 2 heterocycles. The van der Waals surface area contributed by atoms with Crippen LogP contribution in [0.15, 0.2) is 53.3 Å². The third-order valence-corrected chi connectivity index (χ3v) is 5.44. The lowest BCUT2D eigenvalue weighted by Crippen LogP contribution is -2.25. The summed E-state index contributed by atoms with van der Waals surface area (Å²) in [7, 11) is 0. The molecule has 1 saturated heterocycles. The average Bonchev–Trinajstić information content (AvgIpc) is 3.25. The molecular formula is C23H26N4O2. The highest BCUT2D eigenvalue weighted by atomic mass is 16.1. The molecule has 0 aliphatic carbocycles. The highest BCUT2D eigenvalue weighted by Gasteiger charge is 2.14. The standard InChI is InChI=1S/C23H26N4O2/c28-22(12-11-21-25-20-10-4-3-9-19(20)23(29)26-21)24-15-17-7-1-2-8-18(17)16-27-13-5-6-14-27/h1-4,7-10H,5-6,11-16H2,(H,24,28)(H,25,26,29). The maximum atomic E-state index is 12.4. The number of nitrogens with zero attached hydrogens (tertiary/aromatic N) is 2. The van der Waals surface area contributed by atoms with Crippen molar-refractivity contribution in [3.63, 3.8) is 0 Å². The Bertz CT molecular complexity index is 1050. The van der Waals surface area contributed by atoms with Crippen LogP contribution in [0.5, 0.6) is 0 Å². The van der Waals surface area contributed by atoms with Crippen LogP contribution in [0.25, 0.3) is 10.9 Å². The number of carbonyl (C=O) groups excluding carboxylic acids is 1. The van der Waals surface area contributed by atoms with Crippen LogP contribution < -0.4 is 10.9 Å². The van der Waals surface area contributed by atoms with E-state index in [1.807, 2.05) is 24.3 Å². The van der Waals surface area contributed by atoms with Crippen LogP contribution in [-0.2, 0) is 24.3 Å². The monoisotopic (exact) mass is 390 g/mol. The number of benzene rings is 2.